The molecule has 0 aliphatic rings. The van der Waals surface area contributed by atoms with E-state index in [9.17, 15) is 9.90 Å². The van der Waals surface area contributed by atoms with Crippen LogP contribution in [0.5, 0.6) is 5.75 Å². The second kappa shape index (κ2) is 4.57. The molecule has 0 radical (unpaired) electrons. The number of hydrogen-bond donors (Lipinski definition) is 1. The highest BCUT2D eigenvalue weighted by molar-refractivity contribution is 9.10. The number of benzene rings is 1. The lowest BCUT2D eigenvalue weighted by Gasteiger charge is -2.12. The summed E-state index contributed by atoms with van der Waals surface area (Å²) < 4.78 is 5.99. The number of aromatic carboxylic acids is 1. The van der Waals surface area contributed by atoms with E-state index in [1.54, 1.807) is 13.0 Å². The van der Waals surface area contributed by atoms with E-state index in [1.165, 1.54) is 7.11 Å². The maximum absolute atomic E-state index is 11.4. The van der Waals surface area contributed by atoms with E-state index in [4.69, 9.17) is 4.74 Å². The van der Waals surface area contributed by atoms with Gasteiger partial charge in [-0.1, -0.05) is 15.9 Å². The highest BCUT2D eigenvalue weighted by Gasteiger charge is 2.20. The van der Waals surface area contributed by atoms with Crippen molar-refractivity contribution in [3.05, 3.63) is 33.4 Å². The Balaban J connectivity index is 3.01. The quantitative estimate of drug-likeness (QED) is 0.924. The SMILES string of the molecule is COc1c(C)nc2c(C)cc(Br)cc2c1C(=O)O. The van der Waals surface area contributed by atoms with Gasteiger partial charge < -0.3 is 9.84 Å². The number of carboxylic acid groups (broad SMARTS) is 1. The topological polar surface area (TPSA) is 59.4 Å². The van der Waals surface area contributed by atoms with E-state index in [1.807, 2.05) is 13.0 Å². The number of carboxylic acids is 1. The zero-order chi connectivity index (χ0) is 13.4. The van der Waals surface area contributed by atoms with Gasteiger partial charge in [0.1, 0.15) is 5.56 Å². The highest BCUT2D eigenvalue weighted by atomic mass is 79.9. The van der Waals surface area contributed by atoms with Crippen LogP contribution in [-0.4, -0.2) is 23.2 Å². The molecule has 1 aromatic carbocycles. The number of fused-ring (bicyclic) bond motifs is 1. The number of methoxy groups -OCH3 is 1. The maximum atomic E-state index is 11.4. The number of rotatable bonds is 2. The van der Waals surface area contributed by atoms with Gasteiger partial charge in [0.25, 0.3) is 0 Å². The first-order valence-corrected chi connectivity index (χ1v) is 6.12. The van der Waals surface area contributed by atoms with E-state index >= 15 is 0 Å². The molecule has 1 heterocycles. The second-order valence-corrected chi connectivity index (χ2v) is 4.95. The van der Waals surface area contributed by atoms with Crippen molar-refractivity contribution in [1.29, 1.82) is 0 Å². The first-order valence-electron chi connectivity index (χ1n) is 5.33. The van der Waals surface area contributed by atoms with Crippen LogP contribution in [0.25, 0.3) is 10.9 Å². The number of aromatic nitrogens is 1. The molecule has 0 aliphatic carbocycles. The summed E-state index contributed by atoms with van der Waals surface area (Å²) in [6, 6.07) is 3.66. The van der Waals surface area contributed by atoms with Gasteiger partial charge in [-0.2, -0.15) is 0 Å². The lowest BCUT2D eigenvalue weighted by atomic mass is 10.0. The minimum absolute atomic E-state index is 0.157. The first kappa shape index (κ1) is 12.8. The van der Waals surface area contributed by atoms with E-state index in [2.05, 4.69) is 20.9 Å². The first-order chi connectivity index (χ1) is 8.45. The average Bonchev–Trinajstić information content (AvgIpc) is 2.28. The van der Waals surface area contributed by atoms with Crippen LogP contribution in [0.2, 0.25) is 0 Å². The number of hydrogen-bond acceptors (Lipinski definition) is 3. The van der Waals surface area contributed by atoms with Gasteiger partial charge in [-0.25, -0.2) is 9.78 Å². The number of aryl methyl sites for hydroxylation is 2. The lowest BCUT2D eigenvalue weighted by Crippen LogP contribution is -2.06. The number of halogens is 1. The molecular formula is C13H12BrNO3. The molecule has 0 amide bonds. The van der Waals surface area contributed by atoms with E-state index in [-0.39, 0.29) is 5.56 Å². The summed E-state index contributed by atoms with van der Waals surface area (Å²) >= 11 is 3.37. The summed E-state index contributed by atoms with van der Waals surface area (Å²) in [4.78, 5) is 15.9. The normalized spacial score (nSPS) is 10.7. The van der Waals surface area contributed by atoms with Crippen molar-refractivity contribution >= 4 is 32.8 Å². The largest absolute Gasteiger partial charge is 0.494 e. The molecule has 0 saturated carbocycles. The van der Waals surface area contributed by atoms with E-state index in [0.29, 0.717) is 22.3 Å². The zero-order valence-corrected chi connectivity index (χ0v) is 11.8. The molecule has 94 valence electrons. The fourth-order valence-electron chi connectivity index (χ4n) is 2.06. The van der Waals surface area contributed by atoms with Gasteiger partial charge in [-0.05, 0) is 31.5 Å². The van der Waals surface area contributed by atoms with Gasteiger partial charge in [0.2, 0.25) is 0 Å². The summed E-state index contributed by atoms with van der Waals surface area (Å²) in [6.07, 6.45) is 0. The fourth-order valence-corrected chi connectivity index (χ4v) is 2.63. The Morgan fingerprint density at radius 3 is 2.61 bits per heavy atom. The van der Waals surface area contributed by atoms with Crippen LogP contribution in [-0.2, 0) is 0 Å². The Kier molecular flexibility index (Phi) is 3.26. The monoisotopic (exact) mass is 309 g/mol. The van der Waals surface area contributed by atoms with Crippen molar-refractivity contribution in [2.24, 2.45) is 0 Å². The maximum Gasteiger partial charge on any atom is 0.340 e. The third kappa shape index (κ3) is 1.95. The van der Waals surface area contributed by atoms with Crippen LogP contribution in [0, 0.1) is 13.8 Å². The van der Waals surface area contributed by atoms with E-state index in [0.717, 1.165) is 10.0 Å². The minimum Gasteiger partial charge on any atom is -0.494 e. The fraction of sp³-hybridized carbons (Fsp3) is 0.231. The molecule has 18 heavy (non-hydrogen) atoms. The summed E-state index contributed by atoms with van der Waals surface area (Å²) in [5.41, 5.74) is 2.35. The summed E-state index contributed by atoms with van der Waals surface area (Å²) in [5, 5.41) is 9.96. The van der Waals surface area contributed by atoms with Gasteiger partial charge in [0.05, 0.1) is 18.3 Å². The smallest absolute Gasteiger partial charge is 0.340 e. The molecule has 0 unspecified atom stereocenters. The molecule has 1 aromatic heterocycles. The molecule has 2 aromatic rings. The lowest BCUT2D eigenvalue weighted by molar-refractivity contribution is 0.0695. The Morgan fingerprint density at radius 2 is 2.06 bits per heavy atom. The van der Waals surface area contributed by atoms with Crippen LogP contribution in [0.1, 0.15) is 21.6 Å². The average molecular weight is 310 g/mol. The van der Waals surface area contributed by atoms with Crippen molar-refractivity contribution in [3.63, 3.8) is 0 Å². The molecule has 0 bridgehead atoms. The van der Waals surface area contributed by atoms with Crippen molar-refractivity contribution in [2.45, 2.75) is 13.8 Å². The standard InChI is InChI=1S/C13H12BrNO3/c1-6-4-8(14)5-9-10(13(16)17)12(18-3)7(2)15-11(6)9/h4-5H,1-3H3,(H,16,17). The van der Waals surface area contributed by atoms with Gasteiger partial charge in [0, 0.05) is 9.86 Å². The zero-order valence-electron chi connectivity index (χ0n) is 10.2. The number of nitrogens with zero attached hydrogens (tertiary/aromatic N) is 1. The van der Waals surface area contributed by atoms with Crippen molar-refractivity contribution in [3.8, 4) is 5.75 Å². The highest BCUT2D eigenvalue weighted by Crippen LogP contribution is 2.32. The Labute approximate surface area is 113 Å². The third-order valence-corrected chi connectivity index (χ3v) is 3.25. The predicted molar refractivity (Wildman–Crippen MR) is 72.4 cm³/mol. The molecule has 2 rings (SSSR count). The van der Waals surface area contributed by atoms with Gasteiger partial charge in [0.15, 0.2) is 5.75 Å². The molecule has 0 saturated heterocycles. The molecule has 5 heteroatoms. The van der Waals surface area contributed by atoms with Gasteiger partial charge in [-0.3, -0.25) is 0 Å². The predicted octanol–water partition coefficient (Wildman–Crippen LogP) is 3.32. The Morgan fingerprint density at radius 1 is 1.39 bits per heavy atom. The van der Waals surface area contributed by atoms with Crippen LogP contribution < -0.4 is 4.74 Å². The van der Waals surface area contributed by atoms with Gasteiger partial charge in [-0.15, -0.1) is 0 Å². The van der Waals surface area contributed by atoms with Crippen LogP contribution >= 0.6 is 15.9 Å². The molecule has 0 atom stereocenters. The van der Waals surface area contributed by atoms with Gasteiger partial charge >= 0.3 is 5.97 Å². The van der Waals surface area contributed by atoms with Crippen molar-refractivity contribution in [1.82, 2.24) is 4.98 Å². The number of ether oxygens (including phenoxy) is 1. The number of pyridine rings is 1. The molecule has 1 N–H and O–H groups in total. The molecular weight excluding hydrogens is 298 g/mol. The van der Waals surface area contributed by atoms with Crippen LogP contribution in [0.4, 0.5) is 0 Å². The summed E-state index contributed by atoms with van der Waals surface area (Å²) in [6.45, 7) is 3.64. The Bertz CT molecular complexity index is 652. The minimum atomic E-state index is -1.01. The van der Waals surface area contributed by atoms with Crippen molar-refractivity contribution in [2.75, 3.05) is 7.11 Å². The molecule has 0 fully saturated rings. The van der Waals surface area contributed by atoms with Crippen LogP contribution in [0.15, 0.2) is 16.6 Å². The van der Waals surface area contributed by atoms with Crippen LogP contribution in [0.3, 0.4) is 0 Å². The van der Waals surface area contributed by atoms with Crippen molar-refractivity contribution < 1.29 is 14.6 Å². The summed E-state index contributed by atoms with van der Waals surface area (Å²) in [5.74, 6) is -0.702. The molecule has 4 nitrogen and oxygen atoms in total. The second-order valence-electron chi connectivity index (χ2n) is 4.03. The number of carbonyl (C=O) groups is 1. The Hall–Kier alpha value is -1.62. The molecule has 0 aliphatic heterocycles. The third-order valence-electron chi connectivity index (χ3n) is 2.79. The summed E-state index contributed by atoms with van der Waals surface area (Å²) in [7, 11) is 1.45. The van der Waals surface area contributed by atoms with E-state index < -0.39 is 5.97 Å². The molecule has 0 spiro atoms.